The van der Waals surface area contributed by atoms with Gasteiger partial charge in [0.05, 0.1) is 6.04 Å². The lowest BCUT2D eigenvalue weighted by molar-refractivity contribution is -0.124. The Morgan fingerprint density at radius 3 is 2.79 bits per heavy atom. The summed E-state index contributed by atoms with van der Waals surface area (Å²) in [5.41, 5.74) is 1.15. The van der Waals surface area contributed by atoms with Crippen LogP contribution in [0.4, 0.5) is 0 Å². The maximum absolute atomic E-state index is 12.1. The van der Waals surface area contributed by atoms with Gasteiger partial charge in [0.1, 0.15) is 0 Å². The molecule has 2 N–H and O–H groups in total. The molecule has 1 unspecified atom stereocenters. The number of hydrogen-bond donors (Lipinski definition) is 2. The van der Waals surface area contributed by atoms with Crippen LogP contribution in [0.2, 0.25) is 0 Å². The highest BCUT2D eigenvalue weighted by atomic mass is 32.2. The van der Waals surface area contributed by atoms with Crippen LogP contribution in [0.3, 0.4) is 0 Å². The Morgan fingerprint density at radius 1 is 1.42 bits per heavy atom. The molecule has 0 saturated carbocycles. The van der Waals surface area contributed by atoms with Gasteiger partial charge in [0.2, 0.25) is 5.91 Å². The molecule has 1 atom stereocenters. The molecule has 0 spiro atoms. The highest BCUT2D eigenvalue weighted by Crippen LogP contribution is 2.15. The summed E-state index contributed by atoms with van der Waals surface area (Å²) in [4.78, 5) is 12.1. The molecule has 19 heavy (non-hydrogen) atoms. The highest BCUT2D eigenvalue weighted by molar-refractivity contribution is 7.99. The van der Waals surface area contributed by atoms with Crippen molar-refractivity contribution in [2.45, 2.75) is 38.3 Å². The third kappa shape index (κ3) is 4.55. The lowest BCUT2D eigenvalue weighted by atomic mass is 9.95. The van der Waals surface area contributed by atoms with Gasteiger partial charge in [0.25, 0.3) is 0 Å². The number of aryl methyl sites for hydroxylation is 1. The number of carbonyl (C=O) groups excluding carboxylic acids is 1. The van der Waals surface area contributed by atoms with Crippen molar-refractivity contribution in [3.05, 3.63) is 35.9 Å². The summed E-state index contributed by atoms with van der Waals surface area (Å²) < 4.78 is 0. The first-order valence-corrected chi connectivity index (χ1v) is 7.89. The van der Waals surface area contributed by atoms with E-state index in [9.17, 15) is 4.79 Å². The van der Waals surface area contributed by atoms with Gasteiger partial charge in [0.15, 0.2) is 0 Å². The van der Waals surface area contributed by atoms with Gasteiger partial charge < -0.3 is 5.32 Å². The van der Waals surface area contributed by atoms with E-state index in [-0.39, 0.29) is 17.5 Å². The van der Waals surface area contributed by atoms with Gasteiger partial charge in [-0.25, -0.2) is 0 Å². The van der Waals surface area contributed by atoms with E-state index in [0.29, 0.717) is 0 Å². The normalized spacial score (nSPS) is 19.4. The summed E-state index contributed by atoms with van der Waals surface area (Å²) in [5, 5.41) is 6.36. The molecule has 0 aliphatic carbocycles. The quantitative estimate of drug-likeness (QED) is 0.867. The minimum atomic E-state index is -0.165. The Morgan fingerprint density at radius 2 is 2.16 bits per heavy atom. The monoisotopic (exact) mass is 278 g/mol. The number of rotatable bonds is 5. The van der Waals surface area contributed by atoms with Crippen molar-refractivity contribution in [2.24, 2.45) is 0 Å². The van der Waals surface area contributed by atoms with Crippen LogP contribution in [-0.4, -0.2) is 29.1 Å². The Kier molecular flexibility index (Phi) is 4.88. The zero-order chi connectivity index (χ0) is 13.7. The van der Waals surface area contributed by atoms with Gasteiger partial charge in [-0.2, -0.15) is 0 Å². The van der Waals surface area contributed by atoms with Crippen LogP contribution in [-0.2, 0) is 11.2 Å². The van der Waals surface area contributed by atoms with Crippen LogP contribution in [0.1, 0.15) is 25.8 Å². The molecular formula is C15H22N2OS. The second-order valence-corrected chi connectivity index (χ2v) is 6.66. The molecule has 1 aliphatic rings. The molecule has 1 amide bonds. The number of thioether (sulfide) groups is 1. The van der Waals surface area contributed by atoms with Crippen LogP contribution >= 0.6 is 11.8 Å². The molecule has 4 heteroatoms. The summed E-state index contributed by atoms with van der Waals surface area (Å²) >= 11 is 1.77. The number of benzene rings is 1. The minimum Gasteiger partial charge on any atom is -0.350 e. The Labute approximate surface area is 119 Å². The van der Waals surface area contributed by atoms with Crippen LogP contribution in [0.5, 0.6) is 0 Å². The maximum atomic E-state index is 12.1. The van der Waals surface area contributed by atoms with Crippen molar-refractivity contribution < 1.29 is 4.79 Å². The van der Waals surface area contributed by atoms with E-state index in [1.54, 1.807) is 11.8 Å². The first-order valence-electron chi connectivity index (χ1n) is 6.74. The number of carbonyl (C=O) groups is 1. The van der Waals surface area contributed by atoms with Crippen LogP contribution in [0.15, 0.2) is 30.3 Å². The van der Waals surface area contributed by atoms with Crippen molar-refractivity contribution in [3.63, 3.8) is 0 Å². The van der Waals surface area contributed by atoms with E-state index in [1.807, 2.05) is 6.07 Å². The summed E-state index contributed by atoms with van der Waals surface area (Å²) in [7, 11) is 0. The molecule has 1 fully saturated rings. The van der Waals surface area contributed by atoms with Gasteiger partial charge in [0, 0.05) is 17.2 Å². The Hall–Kier alpha value is -1.000. The van der Waals surface area contributed by atoms with Crippen LogP contribution in [0.25, 0.3) is 0 Å². The maximum Gasteiger partial charge on any atom is 0.238 e. The van der Waals surface area contributed by atoms with E-state index < -0.39 is 0 Å². The molecule has 1 aromatic carbocycles. The highest BCUT2D eigenvalue weighted by Gasteiger charge is 2.27. The largest absolute Gasteiger partial charge is 0.350 e. The van der Waals surface area contributed by atoms with E-state index in [2.05, 4.69) is 48.7 Å². The minimum absolute atomic E-state index is 0.0269. The fourth-order valence-electron chi connectivity index (χ4n) is 2.15. The van der Waals surface area contributed by atoms with E-state index in [1.165, 1.54) is 5.56 Å². The molecule has 0 aromatic heterocycles. The zero-order valence-corrected chi connectivity index (χ0v) is 12.4. The molecular weight excluding hydrogens is 256 g/mol. The van der Waals surface area contributed by atoms with Gasteiger partial charge in [-0.3, -0.25) is 10.1 Å². The fraction of sp³-hybridized carbons (Fsp3) is 0.533. The lowest BCUT2D eigenvalue weighted by Crippen LogP contribution is -2.51. The van der Waals surface area contributed by atoms with Crippen LogP contribution < -0.4 is 10.6 Å². The zero-order valence-electron chi connectivity index (χ0n) is 11.6. The average molecular weight is 278 g/mol. The Balaban J connectivity index is 1.82. The second-order valence-electron chi connectivity index (χ2n) is 5.63. The molecule has 104 valence electrons. The average Bonchev–Trinajstić information content (AvgIpc) is 2.91. The molecule has 2 rings (SSSR count). The second kappa shape index (κ2) is 6.44. The van der Waals surface area contributed by atoms with Gasteiger partial charge >= 0.3 is 0 Å². The van der Waals surface area contributed by atoms with Crippen LogP contribution in [0, 0.1) is 0 Å². The third-order valence-corrected chi connectivity index (χ3v) is 4.32. The molecule has 0 radical (unpaired) electrons. The summed E-state index contributed by atoms with van der Waals surface area (Å²) in [6.07, 6.45) is 1.93. The molecule has 0 bridgehead atoms. The molecule has 1 aliphatic heterocycles. The predicted molar refractivity (Wildman–Crippen MR) is 81.2 cm³/mol. The first kappa shape index (κ1) is 14.4. The topological polar surface area (TPSA) is 41.1 Å². The summed E-state index contributed by atoms with van der Waals surface area (Å²) in [5.74, 6) is 1.88. The number of nitrogens with one attached hydrogen (secondary N) is 2. The van der Waals surface area contributed by atoms with E-state index >= 15 is 0 Å². The number of hydrogen-bond acceptors (Lipinski definition) is 3. The van der Waals surface area contributed by atoms with Crippen molar-refractivity contribution in [3.8, 4) is 0 Å². The number of amides is 1. The standard InChI is InChI=1S/C15H22N2OS/c1-15(2,9-8-12-6-4-3-5-7-12)17-14(18)13-10-19-11-16-13/h3-7,13,16H,8-11H2,1-2H3,(H,17,18). The predicted octanol–water partition coefficient (Wildman–Crippen LogP) is 2.18. The van der Waals surface area contributed by atoms with Gasteiger partial charge in [-0.15, -0.1) is 11.8 Å². The molecule has 1 heterocycles. The first-order chi connectivity index (χ1) is 9.07. The SMILES string of the molecule is CC(C)(CCc1ccccc1)NC(=O)C1CSCN1. The van der Waals surface area contributed by atoms with E-state index in [4.69, 9.17) is 0 Å². The fourth-order valence-corrected chi connectivity index (χ4v) is 3.09. The summed E-state index contributed by atoms with van der Waals surface area (Å²) in [6.45, 7) is 4.19. The molecule has 3 nitrogen and oxygen atoms in total. The molecule has 1 aromatic rings. The molecule has 1 saturated heterocycles. The smallest absolute Gasteiger partial charge is 0.238 e. The lowest BCUT2D eigenvalue weighted by Gasteiger charge is -2.28. The Bertz CT molecular complexity index is 413. The van der Waals surface area contributed by atoms with Crippen molar-refractivity contribution in [1.82, 2.24) is 10.6 Å². The third-order valence-electron chi connectivity index (χ3n) is 3.38. The van der Waals surface area contributed by atoms with Gasteiger partial charge in [-0.05, 0) is 32.3 Å². The van der Waals surface area contributed by atoms with Crippen molar-refractivity contribution in [1.29, 1.82) is 0 Å². The van der Waals surface area contributed by atoms with Gasteiger partial charge in [-0.1, -0.05) is 30.3 Å². The van der Waals surface area contributed by atoms with Crippen molar-refractivity contribution in [2.75, 3.05) is 11.6 Å². The van der Waals surface area contributed by atoms with Crippen molar-refractivity contribution >= 4 is 17.7 Å². The summed E-state index contributed by atoms with van der Waals surface area (Å²) in [6, 6.07) is 10.4. The van der Waals surface area contributed by atoms with E-state index in [0.717, 1.165) is 24.5 Å².